The third-order valence-electron chi connectivity index (χ3n) is 4.18. The Morgan fingerprint density at radius 3 is 2.38 bits per heavy atom. The minimum absolute atomic E-state index is 0.0425. The molecule has 6 atom stereocenters. The normalized spacial score (nSPS) is 31.1. The van der Waals surface area contributed by atoms with Gasteiger partial charge in [-0.1, -0.05) is 0 Å². The highest BCUT2D eigenvalue weighted by atomic mass is 16.7. The van der Waals surface area contributed by atoms with E-state index in [-0.39, 0.29) is 18.6 Å². The Labute approximate surface area is 149 Å². The van der Waals surface area contributed by atoms with Crippen LogP contribution in [0, 0.1) is 0 Å². The highest BCUT2D eigenvalue weighted by Gasteiger charge is 2.55. The first-order chi connectivity index (χ1) is 12.1. The predicted octanol–water partition coefficient (Wildman–Crippen LogP) is -2.87. The van der Waals surface area contributed by atoms with Crippen molar-refractivity contribution in [3.8, 4) is 0 Å². The van der Waals surface area contributed by atoms with Gasteiger partial charge in [-0.15, -0.1) is 0 Å². The van der Waals surface area contributed by atoms with E-state index in [0.717, 1.165) is 7.11 Å². The van der Waals surface area contributed by atoms with Gasteiger partial charge in [0, 0.05) is 26.4 Å². The molecule has 0 aliphatic carbocycles. The molecule has 0 spiro atoms. The Hall–Kier alpha value is -1.63. The van der Waals surface area contributed by atoms with Crippen LogP contribution in [0.4, 0.5) is 0 Å². The molecule has 0 bridgehead atoms. The van der Waals surface area contributed by atoms with Gasteiger partial charge in [0.1, 0.15) is 24.1 Å². The molecule has 1 fully saturated rings. The number of carbonyl (C=O) groups is 3. The van der Waals surface area contributed by atoms with Crippen molar-refractivity contribution in [3.05, 3.63) is 0 Å². The van der Waals surface area contributed by atoms with Gasteiger partial charge >= 0.3 is 5.97 Å². The molecule has 1 saturated heterocycles. The highest BCUT2D eigenvalue weighted by Crippen LogP contribution is 2.33. The number of Topliss-reactive ketones (excluding diaryl/α,β-unsaturated/α-hetero) is 1. The molecule has 0 aromatic heterocycles. The monoisotopic (exact) mass is 379 g/mol. The molecular formula is C15H25NO10. The SMILES string of the molecule is CO[C@]1(C(=O)O)C[C@H](O)[C@@H](NC(=O)CCC(C)=O)C([C@H](O)[C@H](O)CO)O1. The third kappa shape index (κ3) is 5.19. The zero-order valence-corrected chi connectivity index (χ0v) is 14.5. The average molecular weight is 379 g/mol. The molecule has 1 heterocycles. The summed E-state index contributed by atoms with van der Waals surface area (Å²) >= 11 is 0. The van der Waals surface area contributed by atoms with E-state index < -0.39 is 61.1 Å². The maximum atomic E-state index is 12.0. The summed E-state index contributed by atoms with van der Waals surface area (Å²) in [6, 6.07) is -1.30. The maximum absolute atomic E-state index is 12.0. The van der Waals surface area contributed by atoms with Crippen molar-refractivity contribution in [2.75, 3.05) is 13.7 Å². The molecule has 1 unspecified atom stereocenters. The molecule has 1 amide bonds. The Morgan fingerprint density at radius 2 is 1.92 bits per heavy atom. The fraction of sp³-hybridized carbons (Fsp3) is 0.800. The number of methoxy groups -OCH3 is 1. The lowest BCUT2D eigenvalue weighted by atomic mass is 9.88. The highest BCUT2D eigenvalue weighted by molar-refractivity contribution is 5.83. The van der Waals surface area contributed by atoms with Crippen molar-refractivity contribution in [3.63, 3.8) is 0 Å². The summed E-state index contributed by atoms with van der Waals surface area (Å²) in [4.78, 5) is 34.4. The molecule has 6 N–H and O–H groups in total. The minimum atomic E-state index is -2.30. The predicted molar refractivity (Wildman–Crippen MR) is 83.8 cm³/mol. The van der Waals surface area contributed by atoms with Crippen LogP contribution in [0.3, 0.4) is 0 Å². The molecule has 26 heavy (non-hydrogen) atoms. The smallest absolute Gasteiger partial charge is 0.364 e. The van der Waals surface area contributed by atoms with Crippen LogP contribution in [0.5, 0.6) is 0 Å². The van der Waals surface area contributed by atoms with E-state index in [1.54, 1.807) is 0 Å². The molecular weight excluding hydrogens is 354 g/mol. The molecule has 0 aromatic carbocycles. The molecule has 11 heteroatoms. The molecule has 150 valence electrons. The first kappa shape index (κ1) is 22.4. The van der Waals surface area contributed by atoms with Gasteiger partial charge in [-0.05, 0) is 6.92 Å². The molecule has 0 aromatic rings. The van der Waals surface area contributed by atoms with E-state index in [1.165, 1.54) is 6.92 Å². The summed E-state index contributed by atoms with van der Waals surface area (Å²) < 4.78 is 10.1. The second kappa shape index (κ2) is 9.35. The fourth-order valence-electron chi connectivity index (χ4n) is 2.65. The number of rotatable bonds is 9. The second-order valence-electron chi connectivity index (χ2n) is 6.15. The second-order valence-corrected chi connectivity index (χ2v) is 6.15. The van der Waals surface area contributed by atoms with Gasteiger partial charge in [-0.25, -0.2) is 4.79 Å². The number of carboxylic acids is 1. The number of amides is 1. The number of nitrogens with one attached hydrogen (secondary N) is 1. The Bertz CT molecular complexity index is 527. The topological polar surface area (TPSA) is 183 Å². The van der Waals surface area contributed by atoms with E-state index >= 15 is 0 Å². The Kier molecular flexibility index (Phi) is 8.06. The van der Waals surface area contributed by atoms with Gasteiger partial charge in [-0.3, -0.25) is 4.79 Å². The Balaban J connectivity index is 3.06. The fourth-order valence-corrected chi connectivity index (χ4v) is 2.65. The number of hydrogen-bond acceptors (Lipinski definition) is 9. The number of carbonyl (C=O) groups excluding carboxylic acids is 2. The summed E-state index contributed by atoms with van der Waals surface area (Å²) in [5, 5.41) is 50.9. The quantitative estimate of drug-likeness (QED) is 0.243. The number of ketones is 1. The van der Waals surface area contributed by atoms with E-state index in [4.69, 9.17) is 14.6 Å². The summed E-state index contributed by atoms with van der Waals surface area (Å²) in [5.41, 5.74) is 0. The van der Waals surface area contributed by atoms with Gasteiger partial charge in [0.25, 0.3) is 5.79 Å². The molecule has 0 saturated carbocycles. The molecule has 1 rings (SSSR count). The number of hydrogen-bond donors (Lipinski definition) is 6. The first-order valence-corrected chi connectivity index (χ1v) is 7.98. The minimum Gasteiger partial charge on any atom is -0.477 e. The van der Waals surface area contributed by atoms with Gasteiger partial charge in [-0.2, -0.15) is 0 Å². The van der Waals surface area contributed by atoms with Gasteiger partial charge in [0.15, 0.2) is 0 Å². The Morgan fingerprint density at radius 1 is 1.31 bits per heavy atom. The van der Waals surface area contributed by atoms with Gasteiger partial charge in [0.2, 0.25) is 5.91 Å². The van der Waals surface area contributed by atoms with Crippen molar-refractivity contribution in [2.45, 2.75) is 62.4 Å². The third-order valence-corrected chi connectivity index (χ3v) is 4.18. The lowest BCUT2D eigenvalue weighted by Gasteiger charge is -2.46. The van der Waals surface area contributed by atoms with Crippen molar-refractivity contribution < 1.29 is 49.4 Å². The van der Waals surface area contributed by atoms with E-state index in [0.29, 0.717) is 0 Å². The summed E-state index contributed by atoms with van der Waals surface area (Å²) in [7, 11) is 1.03. The zero-order chi connectivity index (χ0) is 20.1. The van der Waals surface area contributed by atoms with E-state index in [2.05, 4.69) is 5.32 Å². The molecule has 1 aliphatic heterocycles. The van der Waals surface area contributed by atoms with E-state index in [9.17, 15) is 34.8 Å². The lowest BCUT2D eigenvalue weighted by Crippen LogP contribution is -2.67. The molecule has 1 aliphatic rings. The van der Waals surface area contributed by atoms with Crippen LogP contribution in [0.25, 0.3) is 0 Å². The standard InChI is InChI=1S/C15H25NO10/c1-7(18)3-4-10(21)16-11-8(19)5-15(25-2,14(23)24)26-13(11)12(22)9(20)6-17/h8-9,11-13,17,19-20,22H,3-6H2,1-2H3,(H,16,21)(H,23,24)/t8-,9+,11+,12+,13?,15+/m0/s1. The van der Waals surface area contributed by atoms with Gasteiger partial charge in [0.05, 0.1) is 18.8 Å². The zero-order valence-electron chi connectivity index (χ0n) is 14.5. The molecule has 11 nitrogen and oxygen atoms in total. The van der Waals surface area contributed by atoms with Gasteiger partial charge < -0.3 is 45.1 Å². The maximum Gasteiger partial charge on any atom is 0.364 e. The summed E-state index contributed by atoms with van der Waals surface area (Å²) in [5.74, 6) is -4.74. The van der Waals surface area contributed by atoms with Crippen molar-refractivity contribution in [2.24, 2.45) is 0 Å². The van der Waals surface area contributed by atoms with E-state index in [1.807, 2.05) is 0 Å². The van der Waals surface area contributed by atoms with Crippen LogP contribution in [0.1, 0.15) is 26.2 Å². The largest absolute Gasteiger partial charge is 0.477 e. The summed E-state index contributed by atoms with van der Waals surface area (Å²) in [6.07, 6.45) is -7.44. The van der Waals surface area contributed by atoms with Crippen molar-refractivity contribution >= 4 is 17.7 Å². The van der Waals surface area contributed by atoms with Crippen LogP contribution < -0.4 is 5.32 Å². The van der Waals surface area contributed by atoms with Crippen LogP contribution in [-0.4, -0.2) is 93.2 Å². The van der Waals surface area contributed by atoms with Crippen LogP contribution in [0.2, 0.25) is 0 Å². The number of carboxylic acid groups (broad SMARTS) is 1. The first-order valence-electron chi connectivity index (χ1n) is 7.98. The van der Waals surface area contributed by atoms with Crippen molar-refractivity contribution in [1.82, 2.24) is 5.32 Å². The van der Waals surface area contributed by atoms with Crippen LogP contribution >= 0.6 is 0 Å². The number of ether oxygens (including phenoxy) is 2. The van der Waals surface area contributed by atoms with Crippen LogP contribution in [0.15, 0.2) is 0 Å². The number of aliphatic carboxylic acids is 1. The summed E-state index contributed by atoms with van der Waals surface area (Å²) in [6.45, 7) is 0.436. The average Bonchev–Trinajstić information content (AvgIpc) is 2.59. The number of aliphatic hydroxyl groups is 4. The lowest BCUT2D eigenvalue weighted by molar-refractivity contribution is -0.303. The number of aliphatic hydroxyl groups excluding tert-OH is 4. The molecule has 0 radical (unpaired) electrons. The van der Waals surface area contributed by atoms with Crippen molar-refractivity contribution in [1.29, 1.82) is 0 Å². The van der Waals surface area contributed by atoms with Crippen LogP contribution in [-0.2, 0) is 23.9 Å².